The predicted octanol–water partition coefficient (Wildman–Crippen LogP) is -1.46. The molecule has 0 bridgehead atoms. The molecule has 1 unspecified atom stereocenters. The Balaban J connectivity index is 0.00000288. The summed E-state index contributed by atoms with van der Waals surface area (Å²) in [5.74, 6) is 0.636. The van der Waals surface area contributed by atoms with Gasteiger partial charge in [0.05, 0.1) is 21.1 Å². The lowest BCUT2D eigenvalue weighted by Gasteiger charge is -2.26. The van der Waals surface area contributed by atoms with Crippen LogP contribution >= 0.6 is 0 Å². The van der Waals surface area contributed by atoms with E-state index in [9.17, 15) is 9.90 Å². The lowest BCUT2D eigenvalue weighted by Crippen LogP contribution is -3.00. The monoisotopic (exact) mass is 367 g/mol. The molecule has 2 aromatic rings. The quantitative estimate of drug-likeness (QED) is 0.480. The van der Waals surface area contributed by atoms with Crippen LogP contribution in [-0.4, -0.2) is 61.2 Å². The van der Waals surface area contributed by atoms with Crippen molar-refractivity contribution in [2.24, 2.45) is 0 Å². The average Bonchev–Trinajstić information content (AvgIpc) is 2.52. The van der Waals surface area contributed by atoms with Crippen molar-refractivity contribution < 1.29 is 37.0 Å². The summed E-state index contributed by atoms with van der Waals surface area (Å²) in [5, 5.41) is 9.94. The van der Waals surface area contributed by atoms with E-state index in [0.717, 1.165) is 0 Å². The van der Waals surface area contributed by atoms with E-state index in [2.05, 4.69) is 0 Å². The maximum absolute atomic E-state index is 12.3. The number of quaternary nitrogens is 1. The first-order valence-corrected chi connectivity index (χ1v) is 7.66. The van der Waals surface area contributed by atoms with Crippen LogP contribution in [0.4, 0.5) is 0 Å². The van der Waals surface area contributed by atoms with Crippen LogP contribution in [0.2, 0.25) is 0 Å². The van der Waals surface area contributed by atoms with Crippen molar-refractivity contribution in [2.45, 2.75) is 6.10 Å². The van der Waals surface area contributed by atoms with Gasteiger partial charge in [-0.05, 0) is 24.3 Å². The van der Waals surface area contributed by atoms with Gasteiger partial charge in [0.15, 0.2) is 5.78 Å². The van der Waals surface area contributed by atoms with Crippen molar-refractivity contribution >= 4 is 5.78 Å². The van der Waals surface area contributed by atoms with Crippen molar-refractivity contribution in [1.82, 2.24) is 0 Å². The second-order valence-electron chi connectivity index (χ2n) is 6.66. The Morgan fingerprint density at radius 1 is 1.00 bits per heavy atom. The Hall–Kier alpha value is -1.92. The van der Waals surface area contributed by atoms with Crippen LogP contribution in [0.5, 0.6) is 5.75 Å². The van der Waals surface area contributed by atoms with Crippen LogP contribution in [0.15, 0.2) is 54.6 Å². The zero-order valence-corrected chi connectivity index (χ0v) is 15.5. The molecule has 5 nitrogen and oxygen atoms in total. The highest BCUT2D eigenvalue weighted by Gasteiger charge is 2.16. The smallest absolute Gasteiger partial charge is 0.193 e. The number of likely N-dealkylation sites (N-methyl/N-ethyl adjacent to an activating group) is 1. The normalized spacial score (nSPS) is 11.7. The fourth-order valence-electron chi connectivity index (χ4n) is 2.34. The van der Waals surface area contributed by atoms with Gasteiger partial charge in [0.2, 0.25) is 0 Å². The molecule has 2 aromatic carbocycles. The highest BCUT2D eigenvalue weighted by atomic mass is 35.5. The van der Waals surface area contributed by atoms with Gasteiger partial charge in [-0.2, -0.15) is 0 Å². The third-order valence-corrected chi connectivity index (χ3v) is 3.35. The summed E-state index contributed by atoms with van der Waals surface area (Å²) in [7, 11) is 6.06. The summed E-state index contributed by atoms with van der Waals surface area (Å²) in [6, 6.07) is 16.2. The standard InChI is InChI=1S/C19H24NO3.ClH.H2O/c1-20(2,3)13-17(21)14-23-18-11-9-16(10-12-18)19(22)15-7-5-4-6-8-15;;/h4-12,17,21H,13-14H2,1-3H3;1H;1H2/q+1;;/p-1. The highest BCUT2D eigenvalue weighted by molar-refractivity contribution is 6.08. The van der Waals surface area contributed by atoms with Gasteiger partial charge in [0, 0.05) is 11.1 Å². The van der Waals surface area contributed by atoms with Gasteiger partial charge in [-0.15, -0.1) is 0 Å². The fraction of sp³-hybridized carbons (Fsp3) is 0.316. The first-order valence-electron chi connectivity index (χ1n) is 7.66. The Kier molecular flexibility index (Phi) is 9.38. The van der Waals surface area contributed by atoms with Crippen LogP contribution in [0, 0.1) is 0 Å². The molecule has 0 radical (unpaired) electrons. The van der Waals surface area contributed by atoms with Crippen molar-refractivity contribution in [2.75, 3.05) is 34.3 Å². The van der Waals surface area contributed by atoms with Gasteiger partial charge < -0.3 is 32.2 Å². The minimum Gasteiger partial charge on any atom is -1.00 e. The second-order valence-corrected chi connectivity index (χ2v) is 6.66. The number of carbonyl (C=O) groups excluding carboxylic acids is 1. The first-order chi connectivity index (χ1) is 10.8. The molecule has 0 aliphatic heterocycles. The molecule has 2 rings (SSSR count). The molecule has 0 aliphatic rings. The molecule has 3 N–H and O–H groups in total. The second kappa shape index (κ2) is 10.2. The first kappa shape index (κ1) is 23.1. The molecule has 6 heteroatoms. The maximum atomic E-state index is 12.3. The number of rotatable bonds is 7. The van der Waals surface area contributed by atoms with E-state index in [1.807, 2.05) is 39.3 Å². The van der Waals surface area contributed by atoms with Crippen LogP contribution < -0.4 is 17.1 Å². The van der Waals surface area contributed by atoms with E-state index < -0.39 is 6.10 Å². The summed E-state index contributed by atoms with van der Waals surface area (Å²) in [6.45, 7) is 0.853. The molecular weight excluding hydrogens is 342 g/mol. The van der Waals surface area contributed by atoms with Crippen LogP contribution in [0.3, 0.4) is 0 Å². The third kappa shape index (κ3) is 7.67. The van der Waals surface area contributed by atoms with E-state index in [4.69, 9.17) is 4.74 Å². The molecule has 0 saturated heterocycles. The van der Waals surface area contributed by atoms with Gasteiger partial charge >= 0.3 is 0 Å². The van der Waals surface area contributed by atoms with E-state index in [0.29, 0.717) is 27.9 Å². The molecule has 0 aliphatic carbocycles. The lowest BCUT2D eigenvalue weighted by atomic mass is 10.0. The van der Waals surface area contributed by atoms with Gasteiger partial charge in [0.25, 0.3) is 0 Å². The number of nitrogens with zero attached hydrogens (tertiary/aromatic N) is 1. The van der Waals surface area contributed by atoms with E-state index in [-0.39, 0.29) is 30.3 Å². The number of hydrogen-bond donors (Lipinski definition) is 1. The average molecular weight is 368 g/mol. The van der Waals surface area contributed by atoms with Crippen molar-refractivity contribution in [3.8, 4) is 5.75 Å². The zero-order valence-electron chi connectivity index (χ0n) is 14.8. The van der Waals surface area contributed by atoms with Crippen molar-refractivity contribution in [3.05, 3.63) is 65.7 Å². The minimum absolute atomic E-state index is 0. The number of aliphatic hydroxyl groups excluding tert-OH is 1. The van der Waals surface area contributed by atoms with Gasteiger partial charge in [-0.3, -0.25) is 4.79 Å². The Morgan fingerprint density at radius 2 is 1.52 bits per heavy atom. The van der Waals surface area contributed by atoms with Gasteiger partial charge in [-0.25, -0.2) is 0 Å². The number of ether oxygens (including phenoxy) is 1. The largest absolute Gasteiger partial charge is 1.00 e. The Labute approximate surface area is 155 Å². The molecule has 0 spiro atoms. The molecule has 138 valence electrons. The molecule has 0 saturated carbocycles. The molecule has 25 heavy (non-hydrogen) atoms. The number of aliphatic hydroxyl groups is 1. The Morgan fingerprint density at radius 3 is 2.04 bits per heavy atom. The highest BCUT2D eigenvalue weighted by Crippen LogP contribution is 2.16. The minimum atomic E-state index is -0.527. The molecule has 0 fully saturated rings. The topological polar surface area (TPSA) is 78.0 Å². The summed E-state index contributed by atoms with van der Waals surface area (Å²) in [5.41, 5.74) is 1.29. The number of carbonyl (C=O) groups is 1. The SMILES string of the molecule is C[N+](C)(C)CC(O)COc1ccc(C(=O)c2ccccc2)cc1.O.[Cl-]. The predicted molar refractivity (Wildman–Crippen MR) is 94.3 cm³/mol. The Bertz CT molecular complexity index is 639. The number of ketones is 1. The van der Waals surface area contributed by atoms with Crippen LogP contribution in [0.25, 0.3) is 0 Å². The van der Waals surface area contributed by atoms with Gasteiger partial charge in [-0.1, -0.05) is 30.3 Å². The van der Waals surface area contributed by atoms with Gasteiger partial charge in [0.1, 0.15) is 25.0 Å². The fourth-order valence-corrected chi connectivity index (χ4v) is 2.34. The molecule has 0 amide bonds. The summed E-state index contributed by atoms with van der Waals surface area (Å²) in [6.07, 6.45) is -0.527. The summed E-state index contributed by atoms with van der Waals surface area (Å²) in [4.78, 5) is 12.3. The third-order valence-electron chi connectivity index (χ3n) is 3.35. The van der Waals surface area contributed by atoms with E-state index >= 15 is 0 Å². The number of halogens is 1. The van der Waals surface area contributed by atoms with E-state index in [1.165, 1.54) is 0 Å². The number of hydrogen-bond acceptors (Lipinski definition) is 3. The maximum Gasteiger partial charge on any atom is 0.193 e. The van der Waals surface area contributed by atoms with Crippen molar-refractivity contribution in [3.63, 3.8) is 0 Å². The number of benzene rings is 2. The van der Waals surface area contributed by atoms with E-state index in [1.54, 1.807) is 36.4 Å². The summed E-state index contributed by atoms with van der Waals surface area (Å²) < 4.78 is 6.26. The molecule has 0 heterocycles. The molecule has 1 atom stereocenters. The van der Waals surface area contributed by atoms with Crippen LogP contribution in [0.1, 0.15) is 15.9 Å². The zero-order chi connectivity index (χ0) is 16.9. The molecular formula is C19H26ClNO4. The lowest BCUT2D eigenvalue weighted by molar-refractivity contribution is -0.873. The van der Waals surface area contributed by atoms with Crippen molar-refractivity contribution in [1.29, 1.82) is 0 Å². The summed E-state index contributed by atoms with van der Waals surface area (Å²) >= 11 is 0. The van der Waals surface area contributed by atoms with Crippen LogP contribution in [-0.2, 0) is 0 Å². The molecule has 0 aromatic heterocycles.